The highest BCUT2D eigenvalue weighted by Crippen LogP contribution is 2.25. The van der Waals surface area contributed by atoms with Gasteiger partial charge in [-0.05, 0) is 44.0 Å². The van der Waals surface area contributed by atoms with Crippen molar-refractivity contribution in [3.05, 3.63) is 53.1 Å². The van der Waals surface area contributed by atoms with E-state index in [0.29, 0.717) is 22.6 Å². The third-order valence-corrected chi connectivity index (χ3v) is 6.46. The molecule has 0 unspecified atom stereocenters. The Morgan fingerprint density at radius 2 is 1.74 bits per heavy atom. The van der Waals surface area contributed by atoms with E-state index in [1.165, 1.54) is 4.31 Å². The van der Waals surface area contributed by atoms with Gasteiger partial charge in [-0.1, -0.05) is 30.7 Å². The molecule has 0 aliphatic carbocycles. The quantitative estimate of drug-likeness (QED) is 0.787. The van der Waals surface area contributed by atoms with Crippen LogP contribution in [0.25, 0.3) is 0 Å². The highest BCUT2D eigenvalue weighted by Gasteiger charge is 2.28. The van der Waals surface area contributed by atoms with Crippen molar-refractivity contribution in [1.29, 1.82) is 0 Å². The SMILES string of the molecule is CCN(CC(=O)Nc1cccc(OC)c1)S(=O)(=O)c1c(C)cc(C)cc1C. The fourth-order valence-electron chi connectivity index (χ4n) is 3.13. The Balaban J connectivity index is 2.24. The number of likely N-dealkylation sites (N-methyl/N-ethyl adjacent to an activating group) is 1. The molecule has 0 aliphatic heterocycles. The number of carbonyl (C=O) groups excluding carboxylic acids is 1. The van der Waals surface area contributed by atoms with Crippen molar-refractivity contribution in [2.45, 2.75) is 32.6 Å². The monoisotopic (exact) mass is 390 g/mol. The highest BCUT2D eigenvalue weighted by atomic mass is 32.2. The first-order valence-electron chi connectivity index (χ1n) is 8.71. The van der Waals surface area contributed by atoms with E-state index in [4.69, 9.17) is 4.74 Å². The average molecular weight is 391 g/mol. The first-order valence-corrected chi connectivity index (χ1v) is 10.1. The molecular weight excluding hydrogens is 364 g/mol. The number of nitrogens with zero attached hydrogens (tertiary/aromatic N) is 1. The summed E-state index contributed by atoms with van der Waals surface area (Å²) in [5.74, 6) is 0.203. The Kier molecular flexibility index (Phi) is 6.62. The lowest BCUT2D eigenvalue weighted by Crippen LogP contribution is -2.38. The summed E-state index contributed by atoms with van der Waals surface area (Å²) in [6.45, 7) is 7.13. The topological polar surface area (TPSA) is 75.7 Å². The molecule has 0 atom stereocenters. The van der Waals surface area contributed by atoms with Gasteiger partial charge in [0.1, 0.15) is 5.75 Å². The second-order valence-electron chi connectivity index (χ2n) is 6.44. The molecule has 6 nitrogen and oxygen atoms in total. The Morgan fingerprint density at radius 1 is 1.11 bits per heavy atom. The van der Waals surface area contributed by atoms with Crippen LogP contribution in [0, 0.1) is 20.8 Å². The largest absolute Gasteiger partial charge is 0.497 e. The normalized spacial score (nSPS) is 11.5. The lowest BCUT2D eigenvalue weighted by Gasteiger charge is -2.22. The number of ether oxygens (including phenoxy) is 1. The minimum absolute atomic E-state index is 0.195. The van der Waals surface area contributed by atoms with Crippen LogP contribution in [0.1, 0.15) is 23.6 Å². The molecule has 0 aliphatic rings. The summed E-state index contributed by atoms with van der Waals surface area (Å²) >= 11 is 0. The van der Waals surface area contributed by atoms with Crippen molar-refractivity contribution < 1.29 is 17.9 Å². The Bertz CT molecular complexity index is 916. The van der Waals surface area contributed by atoms with Crippen molar-refractivity contribution in [3.8, 4) is 5.75 Å². The molecule has 0 bridgehead atoms. The number of aryl methyl sites for hydroxylation is 3. The maximum Gasteiger partial charge on any atom is 0.244 e. The number of amides is 1. The second-order valence-corrected chi connectivity index (χ2v) is 8.31. The second kappa shape index (κ2) is 8.54. The van der Waals surface area contributed by atoms with Gasteiger partial charge >= 0.3 is 0 Å². The number of nitrogens with one attached hydrogen (secondary N) is 1. The van der Waals surface area contributed by atoms with Crippen LogP contribution < -0.4 is 10.1 Å². The minimum atomic E-state index is -3.78. The van der Waals surface area contributed by atoms with Crippen molar-refractivity contribution in [3.63, 3.8) is 0 Å². The van der Waals surface area contributed by atoms with Crippen LogP contribution in [0.15, 0.2) is 41.3 Å². The van der Waals surface area contributed by atoms with E-state index in [0.717, 1.165) is 5.56 Å². The number of methoxy groups -OCH3 is 1. The molecule has 27 heavy (non-hydrogen) atoms. The van der Waals surface area contributed by atoms with E-state index in [1.54, 1.807) is 52.1 Å². The van der Waals surface area contributed by atoms with Crippen molar-refractivity contribution in [2.24, 2.45) is 0 Å². The van der Waals surface area contributed by atoms with Crippen LogP contribution >= 0.6 is 0 Å². The number of benzene rings is 2. The molecule has 2 rings (SSSR count). The Hall–Kier alpha value is -2.38. The molecule has 0 radical (unpaired) electrons. The van der Waals surface area contributed by atoms with Gasteiger partial charge in [-0.3, -0.25) is 4.79 Å². The number of hydrogen-bond donors (Lipinski definition) is 1. The van der Waals surface area contributed by atoms with Gasteiger partial charge in [0.15, 0.2) is 0 Å². The van der Waals surface area contributed by atoms with Gasteiger partial charge in [-0.15, -0.1) is 0 Å². The zero-order valence-electron chi connectivity index (χ0n) is 16.4. The van der Waals surface area contributed by atoms with Crippen molar-refractivity contribution >= 4 is 21.6 Å². The van der Waals surface area contributed by atoms with Crippen LogP contribution in [0.4, 0.5) is 5.69 Å². The van der Waals surface area contributed by atoms with Gasteiger partial charge in [0.05, 0.1) is 18.6 Å². The van der Waals surface area contributed by atoms with E-state index >= 15 is 0 Å². The minimum Gasteiger partial charge on any atom is -0.497 e. The molecule has 0 aromatic heterocycles. The average Bonchev–Trinajstić information content (AvgIpc) is 2.58. The van der Waals surface area contributed by atoms with Gasteiger partial charge in [0.25, 0.3) is 0 Å². The van der Waals surface area contributed by atoms with Crippen LogP contribution in [0.3, 0.4) is 0 Å². The summed E-state index contributed by atoms with van der Waals surface area (Å²) in [6, 6.07) is 10.6. The zero-order chi connectivity index (χ0) is 20.2. The van der Waals surface area contributed by atoms with E-state index in [-0.39, 0.29) is 18.0 Å². The maximum atomic E-state index is 13.1. The molecule has 1 amide bonds. The molecule has 146 valence electrons. The predicted molar refractivity (Wildman–Crippen MR) is 107 cm³/mol. The summed E-state index contributed by atoms with van der Waals surface area (Å²) in [4.78, 5) is 12.7. The van der Waals surface area contributed by atoms with E-state index < -0.39 is 15.9 Å². The molecular formula is C20H26N2O4S. The number of hydrogen-bond acceptors (Lipinski definition) is 4. The predicted octanol–water partition coefficient (Wildman–Crippen LogP) is 3.27. The van der Waals surface area contributed by atoms with Gasteiger partial charge in [0, 0.05) is 18.3 Å². The fraction of sp³-hybridized carbons (Fsp3) is 0.350. The third kappa shape index (κ3) is 4.87. The number of carbonyl (C=O) groups is 1. The summed E-state index contributed by atoms with van der Waals surface area (Å²) in [6.07, 6.45) is 0. The fourth-order valence-corrected chi connectivity index (χ4v) is 4.95. The summed E-state index contributed by atoms with van der Waals surface area (Å²) in [7, 11) is -2.24. The van der Waals surface area contributed by atoms with Gasteiger partial charge in [-0.25, -0.2) is 8.42 Å². The van der Waals surface area contributed by atoms with E-state index in [2.05, 4.69) is 5.32 Å². The Morgan fingerprint density at radius 3 is 2.30 bits per heavy atom. The van der Waals surface area contributed by atoms with Gasteiger partial charge in [0.2, 0.25) is 15.9 Å². The molecule has 7 heteroatoms. The smallest absolute Gasteiger partial charge is 0.244 e. The zero-order valence-corrected chi connectivity index (χ0v) is 17.2. The number of sulfonamides is 1. The van der Waals surface area contributed by atoms with E-state index in [9.17, 15) is 13.2 Å². The van der Waals surface area contributed by atoms with Crippen LogP contribution in [0.2, 0.25) is 0 Å². The summed E-state index contributed by atoms with van der Waals surface area (Å²) in [5.41, 5.74) is 2.91. The number of rotatable bonds is 7. The molecule has 1 N–H and O–H groups in total. The first-order chi connectivity index (χ1) is 12.7. The van der Waals surface area contributed by atoms with Crippen LogP contribution in [-0.4, -0.2) is 38.8 Å². The molecule has 0 heterocycles. The molecule has 0 fully saturated rings. The van der Waals surface area contributed by atoms with Gasteiger partial charge < -0.3 is 10.1 Å². The summed E-state index contributed by atoms with van der Waals surface area (Å²) in [5, 5.41) is 2.72. The highest BCUT2D eigenvalue weighted by molar-refractivity contribution is 7.89. The van der Waals surface area contributed by atoms with Crippen molar-refractivity contribution in [1.82, 2.24) is 4.31 Å². The molecule has 2 aromatic rings. The van der Waals surface area contributed by atoms with Crippen molar-refractivity contribution in [2.75, 3.05) is 25.5 Å². The lowest BCUT2D eigenvalue weighted by molar-refractivity contribution is -0.116. The number of anilines is 1. The summed E-state index contributed by atoms with van der Waals surface area (Å²) < 4.78 is 32.6. The van der Waals surface area contributed by atoms with Crippen LogP contribution in [-0.2, 0) is 14.8 Å². The van der Waals surface area contributed by atoms with Crippen LogP contribution in [0.5, 0.6) is 5.75 Å². The first kappa shape index (κ1) is 20.9. The molecule has 2 aromatic carbocycles. The molecule has 0 saturated heterocycles. The van der Waals surface area contributed by atoms with E-state index in [1.807, 2.05) is 19.1 Å². The lowest BCUT2D eigenvalue weighted by atomic mass is 10.1. The van der Waals surface area contributed by atoms with Gasteiger partial charge in [-0.2, -0.15) is 4.31 Å². The molecule has 0 saturated carbocycles. The maximum absolute atomic E-state index is 13.1. The standard InChI is InChI=1S/C20H26N2O4S/c1-6-22(13-19(23)21-17-8-7-9-18(12-17)26-5)27(24,25)20-15(3)10-14(2)11-16(20)4/h7-12H,6,13H2,1-5H3,(H,21,23). The Labute approximate surface area is 161 Å². The molecule has 0 spiro atoms. The third-order valence-electron chi connectivity index (χ3n) is 4.23.